The molecular formula is C16H32N4. The van der Waals surface area contributed by atoms with Crippen LogP contribution in [0.5, 0.6) is 0 Å². The molecule has 0 radical (unpaired) electrons. The van der Waals surface area contributed by atoms with Crippen molar-refractivity contribution in [3.63, 3.8) is 0 Å². The third-order valence-electron chi connectivity index (χ3n) is 4.77. The summed E-state index contributed by atoms with van der Waals surface area (Å²) in [6, 6.07) is 0.408. The normalized spacial score (nSPS) is 13.9. The third kappa shape index (κ3) is 3.41. The van der Waals surface area contributed by atoms with Crippen molar-refractivity contribution >= 4 is 0 Å². The Labute approximate surface area is 124 Å². The molecule has 1 rings (SSSR count). The van der Waals surface area contributed by atoms with E-state index in [1.54, 1.807) is 0 Å². The average Bonchev–Trinajstić information content (AvgIpc) is 2.86. The Kier molecular flexibility index (Phi) is 6.69. The predicted molar refractivity (Wildman–Crippen MR) is 86.1 cm³/mol. The number of aryl methyl sites for hydroxylation is 1. The number of hydrogen-bond donors (Lipinski definition) is 1. The van der Waals surface area contributed by atoms with Crippen LogP contribution in [0, 0.1) is 0 Å². The lowest BCUT2D eigenvalue weighted by molar-refractivity contribution is 0.0904. The van der Waals surface area contributed by atoms with E-state index in [0.717, 1.165) is 32.2 Å². The van der Waals surface area contributed by atoms with E-state index in [2.05, 4.69) is 67.9 Å². The van der Waals surface area contributed by atoms with E-state index in [1.807, 2.05) is 6.20 Å². The topological polar surface area (TPSA) is 33.1 Å². The zero-order valence-corrected chi connectivity index (χ0v) is 14.1. The van der Waals surface area contributed by atoms with Crippen LogP contribution < -0.4 is 5.32 Å². The largest absolute Gasteiger partial charge is 0.335 e. The number of likely N-dealkylation sites (N-methyl/N-ethyl adjacent to an activating group) is 2. The molecule has 0 saturated heterocycles. The highest BCUT2D eigenvalue weighted by Crippen LogP contribution is 2.27. The van der Waals surface area contributed by atoms with Crippen LogP contribution in [0.15, 0.2) is 12.4 Å². The molecule has 1 atom stereocenters. The van der Waals surface area contributed by atoms with Crippen LogP contribution in [0.25, 0.3) is 0 Å². The van der Waals surface area contributed by atoms with Crippen molar-refractivity contribution in [3.8, 4) is 0 Å². The van der Waals surface area contributed by atoms with E-state index in [0.29, 0.717) is 6.04 Å². The summed E-state index contributed by atoms with van der Waals surface area (Å²) in [5, 5.41) is 3.54. The molecule has 0 spiro atoms. The first-order valence-corrected chi connectivity index (χ1v) is 7.90. The van der Waals surface area contributed by atoms with Crippen molar-refractivity contribution in [2.45, 2.75) is 64.6 Å². The average molecular weight is 280 g/mol. The van der Waals surface area contributed by atoms with Gasteiger partial charge in [-0.2, -0.15) is 0 Å². The zero-order valence-electron chi connectivity index (χ0n) is 14.1. The molecule has 0 bridgehead atoms. The molecular weight excluding hydrogens is 248 g/mol. The quantitative estimate of drug-likeness (QED) is 0.754. The molecule has 1 aromatic heterocycles. The number of nitrogens with zero attached hydrogens (tertiary/aromatic N) is 3. The third-order valence-corrected chi connectivity index (χ3v) is 4.77. The lowest BCUT2D eigenvalue weighted by Gasteiger charge is -2.45. The second-order valence-corrected chi connectivity index (χ2v) is 5.79. The summed E-state index contributed by atoms with van der Waals surface area (Å²) < 4.78 is 2.29. The highest BCUT2D eigenvalue weighted by Gasteiger charge is 2.37. The van der Waals surface area contributed by atoms with Gasteiger partial charge in [0.15, 0.2) is 0 Å². The molecule has 1 heterocycles. The second-order valence-electron chi connectivity index (χ2n) is 5.79. The van der Waals surface area contributed by atoms with Crippen LogP contribution in [-0.4, -0.2) is 47.2 Å². The van der Waals surface area contributed by atoms with Crippen molar-refractivity contribution in [3.05, 3.63) is 18.2 Å². The molecule has 0 fully saturated rings. The number of hydrogen-bond acceptors (Lipinski definition) is 3. The fourth-order valence-corrected chi connectivity index (χ4v) is 3.40. The monoisotopic (exact) mass is 280 g/mol. The van der Waals surface area contributed by atoms with E-state index in [-0.39, 0.29) is 5.54 Å². The Morgan fingerprint density at radius 2 is 1.95 bits per heavy atom. The second kappa shape index (κ2) is 7.79. The minimum atomic E-state index is 0.178. The molecule has 0 saturated carbocycles. The first-order chi connectivity index (χ1) is 9.55. The summed E-state index contributed by atoms with van der Waals surface area (Å²) in [4.78, 5) is 6.94. The first kappa shape index (κ1) is 17.2. The van der Waals surface area contributed by atoms with Gasteiger partial charge < -0.3 is 14.8 Å². The molecule has 1 unspecified atom stereocenters. The number of rotatable bonds is 9. The van der Waals surface area contributed by atoms with Gasteiger partial charge in [-0.25, -0.2) is 4.98 Å². The van der Waals surface area contributed by atoms with E-state index >= 15 is 0 Å². The standard InChI is InChI=1S/C16H32N4/c1-7-11-20-12-10-18-15(20)13-14(17-4)16(8-2,9-3)19(5)6/h10,12,14,17H,7-9,11,13H2,1-6H3. The van der Waals surface area contributed by atoms with E-state index in [1.165, 1.54) is 5.82 Å². The molecule has 20 heavy (non-hydrogen) atoms. The van der Waals surface area contributed by atoms with Gasteiger partial charge in [0, 0.05) is 36.9 Å². The molecule has 1 aromatic rings. The van der Waals surface area contributed by atoms with Gasteiger partial charge in [-0.15, -0.1) is 0 Å². The van der Waals surface area contributed by atoms with Gasteiger partial charge in [0.2, 0.25) is 0 Å². The highest BCUT2D eigenvalue weighted by atomic mass is 15.2. The smallest absolute Gasteiger partial charge is 0.110 e. The molecule has 0 aliphatic carbocycles. The van der Waals surface area contributed by atoms with Crippen molar-refractivity contribution < 1.29 is 0 Å². The van der Waals surface area contributed by atoms with Gasteiger partial charge in [0.05, 0.1) is 0 Å². The predicted octanol–water partition coefficient (Wildman–Crippen LogP) is 2.54. The Balaban J connectivity index is 2.97. The lowest BCUT2D eigenvalue weighted by Crippen LogP contribution is -2.58. The molecule has 0 amide bonds. The number of aromatic nitrogens is 2. The first-order valence-electron chi connectivity index (χ1n) is 7.90. The summed E-state index contributed by atoms with van der Waals surface area (Å²) in [5.41, 5.74) is 0.178. The van der Waals surface area contributed by atoms with Crippen molar-refractivity contribution in [1.29, 1.82) is 0 Å². The Hall–Kier alpha value is -0.870. The van der Waals surface area contributed by atoms with Crippen LogP contribution in [0.2, 0.25) is 0 Å². The van der Waals surface area contributed by atoms with Crippen LogP contribution in [0.4, 0.5) is 0 Å². The molecule has 1 N–H and O–H groups in total. The van der Waals surface area contributed by atoms with Crippen LogP contribution in [-0.2, 0) is 13.0 Å². The van der Waals surface area contributed by atoms with Gasteiger partial charge in [-0.1, -0.05) is 20.8 Å². The summed E-state index contributed by atoms with van der Waals surface area (Å²) in [5.74, 6) is 1.19. The minimum Gasteiger partial charge on any atom is -0.335 e. The summed E-state index contributed by atoms with van der Waals surface area (Å²) in [7, 11) is 6.45. The Morgan fingerprint density at radius 3 is 2.40 bits per heavy atom. The highest BCUT2D eigenvalue weighted by molar-refractivity contribution is 5.04. The summed E-state index contributed by atoms with van der Waals surface area (Å²) in [6.45, 7) is 7.83. The Morgan fingerprint density at radius 1 is 1.30 bits per heavy atom. The number of imidazole rings is 1. The SMILES string of the molecule is CCCn1ccnc1CC(NC)C(CC)(CC)N(C)C. The van der Waals surface area contributed by atoms with E-state index in [9.17, 15) is 0 Å². The molecule has 4 nitrogen and oxygen atoms in total. The maximum atomic E-state index is 4.57. The molecule has 0 aromatic carbocycles. The van der Waals surface area contributed by atoms with E-state index in [4.69, 9.17) is 0 Å². The van der Waals surface area contributed by atoms with E-state index < -0.39 is 0 Å². The summed E-state index contributed by atoms with van der Waals surface area (Å²) in [6.07, 6.45) is 8.41. The summed E-state index contributed by atoms with van der Waals surface area (Å²) >= 11 is 0. The van der Waals surface area contributed by atoms with Crippen molar-refractivity contribution in [2.75, 3.05) is 21.1 Å². The maximum Gasteiger partial charge on any atom is 0.110 e. The lowest BCUT2D eigenvalue weighted by atomic mass is 9.81. The maximum absolute atomic E-state index is 4.57. The van der Waals surface area contributed by atoms with Gasteiger partial charge >= 0.3 is 0 Å². The van der Waals surface area contributed by atoms with Gasteiger partial charge in [0.25, 0.3) is 0 Å². The molecule has 116 valence electrons. The fourth-order valence-electron chi connectivity index (χ4n) is 3.40. The Bertz CT molecular complexity index is 380. The number of nitrogens with one attached hydrogen (secondary N) is 1. The van der Waals surface area contributed by atoms with Gasteiger partial charge in [0.1, 0.15) is 5.82 Å². The van der Waals surface area contributed by atoms with Crippen molar-refractivity contribution in [2.24, 2.45) is 0 Å². The van der Waals surface area contributed by atoms with Crippen LogP contribution in [0.1, 0.15) is 45.9 Å². The molecule has 0 aliphatic heterocycles. The van der Waals surface area contributed by atoms with Gasteiger partial charge in [-0.3, -0.25) is 0 Å². The fraction of sp³-hybridized carbons (Fsp3) is 0.812. The van der Waals surface area contributed by atoms with Crippen molar-refractivity contribution in [1.82, 2.24) is 19.8 Å². The van der Waals surface area contributed by atoms with Crippen LogP contribution in [0.3, 0.4) is 0 Å². The van der Waals surface area contributed by atoms with Crippen LogP contribution >= 0.6 is 0 Å². The molecule has 4 heteroatoms. The minimum absolute atomic E-state index is 0.178. The van der Waals surface area contributed by atoms with Gasteiger partial charge in [-0.05, 0) is 40.4 Å². The zero-order chi connectivity index (χ0) is 15.2. The molecule has 0 aliphatic rings.